The van der Waals surface area contributed by atoms with E-state index in [4.69, 9.17) is 4.74 Å². The van der Waals surface area contributed by atoms with Crippen LogP contribution in [-0.2, 0) is 4.79 Å². The first kappa shape index (κ1) is 20.9. The predicted octanol–water partition coefficient (Wildman–Crippen LogP) is 4.50. The Labute approximate surface area is 192 Å². The molecule has 1 aromatic carbocycles. The lowest BCUT2D eigenvalue weighted by Crippen LogP contribution is -2.27. The van der Waals surface area contributed by atoms with Crippen LogP contribution in [0.2, 0.25) is 0 Å². The van der Waals surface area contributed by atoms with E-state index in [1.54, 1.807) is 6.20 Å². The number of hydrogen-bond acceptors (Lipinski definition) is 7. The molecule has 0 unspecified atom stereocenters. The third-order valence-corrected chi connectivity index (χ3v) is 5.64. The van der Waals surface area contributed by atoms with Crippen molar-refractivity contribution in [1.29, 1.82) is 0 Å². The molecule has 0 radical (unpaired) electrons. The molecule has 1 amide bonds. The van der Waals surface area contributed by atoms with Gasteiger partial charge in [0.2, 0.25) is 5.91 Å². The van der Waals surface area contributed by atoms with Gasteiger partial charge in [0, 0.05) is 29.5 Å². The van der Waals surface area contributed by atoms with Crippen LogP contribution in [0.25, 0.3) is 6.08 Å². The molecule has 8 nitrogen and oxygen atoms in total. The zero-order valence-electron chi connectivity index (χ0n) is 18.7. The Balaban J connectivity index is 1.38. The van der Waals surface area contributed by atoms with Crippen LogP contribution in [0.1, 0.15) is 36.1 Å². The Kier molecular flexibility index (Phi) is 5.64. The number of nitrogens with zero attached hydrogens (tertiary/aromatic N) is 3. The van der Waals surface area contributed by atoms with Crippen LogP contribution >= 0.6 is 0 Å². The second-order valence-electron chi connectivity index (χ2n) is 8.42. The van der Waals surface area contributed by atoms with Gasteiger partial charge in [0.25, 0.3) is 0 Å². The summed E-state index contributed by atoms with van der Waals surface area (Å²) in [6.07, 6.45) is 7.88. The van der Waals surface area contributed by atoms with Crippen molar-refractivity contribution >= 4 is 29.3 Å². The minimum Gasteiger partial charge on any atom is -0.455 e. The fourth-order valence-corrected chi connectivity index (χ4v) is 3.64. The van der Waals surface area contributed by atoms with Crippen molar-refractivity contribution in [3.63, 3.8) is 0 Å². The molecular weight excluding hydrogens is 416 g/mol. The molecule has 2 aromatic heterocycles. The number of rotatable bonds is 6. The summed E-state index contributed by atoms with van der Waals surface area (Å²) in [6, 6.07) is 9.99. The molecule has 0 atom stereocenters. The molecule has 5 rings (SSSR count). The van der Waals surface area contributed by atoms with E-state index >= 15 is 0 Å². The Morgan fingerprint density at radius 2 is 2.00 bits per heavy atom. The molecule has 1 aliphatic carbocycles. The molecule has 2 aliphatic rings. The van der Waals surface area contributed by atoms with E-state index in [-0.39, 0.29) is 5.91 Å². The number of ether oxygens (including phenoxy) is 1. The molecule has 0 saturated heterocycles. The second kappa shape index (κ2) is 8.90. The van der Waals surface area contributed by atoms with Gasteiger partial charge < -0.3 is 20.7 Å². The van der Waals surface area contributed by atoms with E-state index in [0.29, 0.717) is 36.4 Å². The number of aromatic nitrogens is 3. The number of pyridine rings is 1. The maximum Gasteiger partial charge on any atom is 0.247 e. The van der Waals surface area contributed by atoms with E-state index in [1.165, 1.54) is 6.33 Å². The highest BCUT2D eigenvalue weighted by Gasteiger charge is 2.26. The molecular formula is C25H26N6O2. The first-order valence-electron chi connectivity index (χ1n) is 11.1. The molecule has 1 aliphatic heterocycles. The fourth-order valence-electron chi connectivity index (χ4n) is 3.64. The summed E-state index contributed by atoms with van der Waals surface area (Å²) in [5.41, 5.74) is 4.29. The maximum atomic E-state index is 12.6. The number of benzene rings is 1. The van der Waals surface area contributed by atoms with Crippen LogP contribution in [0.5, 0.6) is 11.5 Å². The van der Waals surface area contributed by atoms with Crippen LogP contribution < -0.4 is 20.7 Å². The van der Waals surface area contributed by atoms with Crippen molar-refractivity contribution < 1.29 is 9.53 Å². The van der Waals surface area contributed by atoms with Crippen molar-refractivity contribution in [3.05, 3.63) is 65.2 Å². The second-order valence-corrected chi connectivity index (χ2v) is 8.42. The van der Waals surface area contributed by atoms with Gasteiger partial charge in [0.05, 0.1) is 11.8 Å². The molecule has 1 saturated carbocycles. The van der Waals surface area contributed by atoms with Crippen LogP contribution in [0.15, 0.2) is 48.4 Å². The third kappa shape index (κ3) is 4.95. The molecule has 3 aromatic rings. The SMILES string of the molecule is Cc1ccc(Oc2ccc(Nc3ncnc4c3C=C(C(=O)NC3CC3)CCN4)cc2C)cn1. The number of carbonyl (C=O) groups excluding carboxylic acids is 1. The summed E-state index contributed by atoms with van der Waals surface area (Å²) in [5.74, 6) is 2.80. The Morgan fingerprint density at radius 3 is 2.76 bits per heavy atom. The van der Waals surface area contributed by atoms with Gasteiger partial charge in [-0.1, -0.05) is 0 Å². The molecule has 8 heteroatoms. The van der Waals surface area contributed by atoms with Crippen molar-refractivity contribution in [3.8, 4) is 11.5 Å². The summed E-state index contributed by atoms with van der Waals surface area (Å²) < 4.78 is 5.97. The highest BCUT2D eigenvalue weighted by Crippen LogP contribution is 2.32. The summed E-state index contributed by atoms with van der Waals surface area (Å²) in [6.45, 7) is 4.58. The van der Waals surface area contributed by atoms with Crippen molar-refractivity contribution in [2.75, 3.05) is 17.2 Å². The Bertz CT molecular complexity index is 1220. The first-order valence-corrected chi connectivity index (χ1v) is 11.1. The topological polar surface area (TPSA) is 101 Å². The lowest BCUT2D eigenvalue weighted by atomic mass is 10.1. The Hall–Kier alpha value is -3.94. The first-order chi connectivity index (χ1) is 16.0. The van der Waals surface area contributed by atoms with E-state index in [9.17, 15) is 4.79 Å². The summed E-state index contributed by atoms with van der Waals surface area (Å²) >= 11 is 0. The molecule has 0 bridgehead atoms. The molecule has 3 heterocycles. The van der Waals surface area contributed by atoms with Gasteiger partial charge in [-0.05, 0) is 75.1 Å². The van der Waals surface area contributed by atoms with Gasteiger partial charge in [0.15, 0.2) is 0 Å². The third-order valence-electron chi connectivity index (χ3n) is 5.64. The van der Waals surface area contributed by atoms with E-state index in [2.05, 4.69) is 30.9 Å². The van der Waals surface area contributed by atoms with Crippen LogP contribution in [0, 0.1) is 13.8 Å². The van der Waals surface area contributed by atoms with Gasteiger partial charge in [-0.15, -0.1) is 0 Å². The van der Waals surface area contributed by atoms with Crippen LogP contribution in [-0.4, -0.2) is 33.4 Å². The molecule has 0 spiro atoms. The van der Waals surface area contributed by atoms with Gasteiger partial charge in [-0.3, -0.25) is 9.78 Å². The van der Waals surface area contributed by atoms with Crippen molar-refractivity contribution in [1.82, 2.24) is 20.3 Å². The van der Waals surface area contributed by atoms with Gasteiger partial charge in [-0.2, -0.15) is 0 Å². The minimum absolute atomic E-state index is 0.00936. The number of carbonyl (C=O) groups is 1. The number of hydrogen-bond donors (Lipinski definition) is 3. The monoisotopic (exact) mass is 442 g/mol. The average Bonchev–Trinajstić information content (AvgIpc) is 3.63. The molecule has 3 N–H and O–H groups in total. The summed E-state index contributed by atoms with van der Waals surface area (Å²) in [4.78, 5) is 25.7. The number of anilines is 3. The normalized spacial score (nSPS) is 14.9. The van der Waals surface area contributed by atoms with E-state index < -0.39 is 0 Å². The van der Waals surface area contributed by atoms with E-state index in [1.807, 2.05) is 50.3 Å². The van der Waals surface area contributed by atoms with Crippen molar-refractivity contribution in [2.45, 2.75) is 39.2 Å². The zero-order chi connectivity index (χ0) is 22.8. The van der Waals surface area contributed by atoms with Gasteiger partial charge in [0.1, 0.15) is 29.5 Å². The van der Waals surface area contributed by atoms with E-state index in [0.717, 1.165) is 46.7 Å². The standard InChI is InChI=1S/C25H26N6O2/c1-15-11-19(6-8-22(15)33-20-7-3-16(2)27-13-20)30-24-21-12-17(25(32)31-18-4-5-18)9-10-26-23(21)28-14-29-24/h3,6-8,11-14,18H,4-5,9-10H2,1-2H3,(H,31,32)(H2,26,28,29,30). The average molecular weight is 443 g/mol. The smallest absolute Gasteiger partial charge is 0.247 e. The highest BCUT2D eigenvalue weighted by atomic mass is 16.5. The Morgan fingerprint density at radius 1 is 1.12 bits per heavy atom. The predicted molar refractivity (Wildman–Crippen MR) is 128 cm³/mol. The lowest BCUT2D eigenvalue weighted by molar-refractivity contribution is -0.117. The number of fused-ring (bicyclic) bond motifs is 1. The quantitative estimate of drug-likeness (QED) is 0.517. The maximum absolute atomic E-state index is 12.6. The minimum atomic E-state index is -0.00936. The van der Waals surface area contributed by atoms with Gasteiger partial charge >= 0.3 is 0 Å². The summed E-state index contributed by atoms with van der Waals surface area (Å²) in [7, 11) is 0. The molecule has 1 fully saturated rings. The number of aryl methyl sites for hydroxylation is 2. The summed E-state index contributed by atoms with van der Waals surface area (Å²) in [5, 5.41) is 9.76. The van der Waals surface area contributed by atoms with Crippen LogP contribution in [0.4, 0.5) is 17.3 Å². The fraction of sp³-hybridized carbons (Fsp3) is 0.280. The van der Waals surface area contributed by atoms with Crippen LogP contribution in [0.3, 0.4) is 0 Å². The molecule has 168 valence electrons. The van der Waals surface area contributed by atoms with Crippen molar-refractivity contribution in [2.24, 2.45) is 0 Å². The number of nitrogens with one attached hydrogen (secondary N) is 3. The zero-order valence-corrected chi connectivity index (χ0v) is 18.7. The largest absolute Gasteiger partial charge is 0.455 e. The van der Waals surface area contributed by atoms with Gasteiger partial charge in [-0.25, -0.2) is 9.97 Å². The lowest BCUT2D eigenvalue weighted by Gasteiger charge is -2.14. The molecule has 33 heavy (non-hydrogen) atoms. The number of amides is 1. The highest BCUT2D eigenvalue weighted by molar-refractivity contribution is 6.00.